The molecule has 0 radical (unpaired) electrons. The molecule has 21 heavy (non-hydrogen) atoms. The molecule has 0 saturated heterocycles. The smallest absolute Gasteiger partial charge is 0.191 e. The molecule has 0 atom stereocenters. The highest BCUT2D eigenvalue weighted by molar-refractivity contribution is 5.79. The minimum atomic E-state index is 0.487. The van der Waals surface area contributed by atoms with E-state index in [1.807, 2.05) is 25.5 Å². The van der Waals surface area contributed by atoms with E-state index in [0.717, 1.165) is 25.5 Å². The summed E-state index contributed by atoms with van der Waals surface area (Å²) in [6.45, 7) is 4.23. The lowest BCUT2D eigenvalue weighted by atomic mass is 9.83. The van der Waals surface area contributed by atoms with Gasteiger partial charge in [0.25, 0.3) is 0 Å². The molecule has 0 bridgehead atoms. The van der Waals surface area contributed by atoms with Crippen LogP contribution in [-0.2, 0) is 6.42 Å². The first-order valence-electron chi connectivity index (χ1n) is 8.11. The van der Waals surface area contributed by atoms with Crippen molar-refractivity contribution in [2.24, 2.45) is 10.4 Å². The molecule has 4 heteroatoms. The van der Waals surface area contributed by atoms with Gasteiger partial charge in [-0.05, 0) is 42.7 Å². The van der Waals surface area contributed by atoms with Crippen LogP contribution in [0.1, 0.15) is 44.6 Å². The van der Waals surface area contributed by atoms with Gasteiger partial charge in [-0.15, -0.1) is 0 Å². The van der Waals surface area contributed by atoms with E-state index in [9.17, 15) is 0 Å². The van der Waals surface area contributed by atoms with Gasteiger partial charge in [0.05, 0.1) is 0 Å². The highest BCUT2D eigenvalue weighted by Gasteiger charge is 2.31. The molecule has 0 unspecified atom stereocenters. The van der Waals surface area contributed by atoms with Crippen LogP contribution in [0.2, 0.25) is 0 Å². The van der Waals surface area contributed by atoms with Gasteiger partial charge in [-0.25, -0.2) is 0 Å². The molecule has 1 aromatic heterocycles. The molecule has 116 valence electrons. The van der Waals surface area contributed by atoms with Gasteiger partial charge in [0.1, 0.15) is 0 Å². The summed E-state index contributed by atoms with van der Waals surface area (Å²) >= 11 is 0. The number of aliphatic imine (C=N–C) groups is 1. The van der Waals surface area contributed by atoms with E-state index in [2.05, 4.69) is 33.6 Å². The van der Waals surface area contributed by atoms with Gasteiger partial charge in [0.2, 0.25) is 0 Å². The topological polar surface area (TPSA) is 49.3 Å². The number of rotatable bonds is 6. The standard InChI is InChI=1S/C17H28N4/c1-3-17(9-4-5-10-17)14-21-16(18-2)20-12-8-15-7-6-11-19-13-15/h6-7,11,13H,3-5,8-10,12,14H2,1-2H3,(H2,18,20,21). The van der Waals surface area contributed by atoms with Crippen LogP contribution in [0.5, 0.6) is 0 Å². The van der Waals surface area contributed by atoms with Gasteiger partial charge < -0.3 is 10.6 Å². The SMILES string of the molecule is CCC1(CNC(=NC)NCCc2cccnc2)CCCC1. The van der Waals surface area contributed by atoms with Gasteiger partial charge in [0, 0.05) is 32.5 Å². The van der Waals surface area contributed by atoms with Crippen molar-refractivity contribution in [2.75, 3.05) is 20.1 Å². The molecule has 2 rings (SSSR count). The third-order valence-electron chi connectivity index (χ3n) is 4.70. The Morgan fingerprint density at radius 1 is 1.33 bits per heavy atom. The lowest BCUT2D eigenvalue weighted by Gasteiger charge is -2.28. The lowest BCUT2D eigenvalue weighted by molar-refractivity contribution is 0.283. The van der Waals surface area contributed by atoms with Crippen molar-refractivity contribution in [3.05, 3.63) is 30.1 Å². The van der Waals surface area contributed by atoms with E-state index in [0.29, 0.717) is 5.41 Å². The Morgan fingerprint density at radius 3 is 2.76 bits per heavy atom. The maximum absolute atomic E-state index is 4.32. The number of nitrogens with one attached hydrogen (secondary N) is 2. The molecule has 0 aromatic carbocycles. The summed E-state index contributed by atoms with van der Waals surface area (Å²) in [5.74, 6) is 0.915. The van der Waals surface area contributed by atoms with E-state index in [1.54, 1.807) is 0 Å². The Labute approximate surface area is 128 Å². The van der Waals surface area contributed by atoms with Crippen molar-refractivity contribution in [2.45, 2.75) is 45.4 Å². The molecule has 0 amide bonds. The second kappa shape index (κ2) is 8.01. The van der Waals surface area contributed by atoms with Crippen molar-refractivity contribution in [1.82, 2.24) is 15.6 Å². The average Bonchev–Trinajstić information content (AvgIpc) is 3.01. The molecule has 0 aliphatic heterocycles. The van der Waals surface area contributed by atoms with Crippen molar-refractivity contribution < 1.29 is 0 Å². The largest absolute Gasteiger partial charge is 0.356 e. The number of nitrogens with zero attached hydrogens (tertiary/aromatic N) is 2. The Hall–Kier alpha value is -1.58. The van der Waals surface area contributed by atoms with Gasteiger partial charge in [0.15, 0.2) is 5.96 Å². The monoisotopic (exact) mass is 288 g/mol. The van der Waals surface area contributed by atoms with Crippen molar-refractivity contribution in [1.29, 1.82) is 0 Å². The van der Waals surface area contributed by atoms with Crippen LogP contribution < -0.4 is 10.6 Å². The molecule has 2 N–H and O–H groups in total. The molecule has 1 fully saturated rings. The Balaban J connectivity index is 1.73. The molecular formula is C17H28N4. The second-order valence-electron chi connectivity index (χ2n) is 6.02. The molecule has 1 aromatic rings. The predicted molar refractivity (Wildman–Crippen MR) is 88.5 cm³/mol. The fourth-order valence-corrected chi connectivity index (χ4v) is 3.14. The van der Waals surface area contributed by atoms with Crippen LogP contribution in [0.15, 0.2) is 29.5 Å². The van der Waals surface area contributed by atoms with Crippen LogP contribution >= 0.6 is 0 Å². The highest BCUT2D eigenvalue weighted by atomic mass is 15.2. The molecule has 1 saturated carbocycles. The summed E-state index contributed by atoms with van der Waals surface area (Å²) in [6, 6.07) is 4.09. The summed E-state index contributed by atoms with van der Waals surface area (Å²) in [7, 11) is 1.84. The predicted octanol–water partition coefficient (Wildman–Crippen LogP) is 2.76. The minimum Gasteiger partial charge on any atom is -0.356 e. The Bertz CT molecular complexity index is 435. The van der Waals surface area contributed by atoms with E-state index in [1.165, 1.54) is 37.7 Å². The van der Waals surface area contributed by atoms with Crippen molar-refractivity contribution >= 4 is 5.96 Å². The third-order valence-corrected chi connectivity index (χ3v) is 4.70. The van der Waals surface area contributed by atoms with Gasteiger partial charge in [-0.2, -0.15) is 0 Å². The zero-order chi connectivity index (χ0) is 15.0. The van der Waals surface area contributed by atoms with Crippen LogP contribution in [0, 0.1) is 5.41 Å². The molecule has 1 aliphatic carbocycles. The van der Waals surface area contributed by atoms with Gasteiger partial charge in [-0.3, -0.25) is 9.98 Å². The lowest BCUT2D eigenvalue weighted by Crippen LogP contribution is -2.43. The number of aromatic nitrogens is 1. The maximum atomic E-state index is 4.32. The normalized spacial score (nSPS) is 17.7. The van der Waals surface area contributed by atoms with Gasteiger partial charge >= 0.3 is 0 Å². The fourth-order valence-electron chi connectivity index (χ4n) is 3.14. The zero-order valence-electron chi connectivity index (χ0n) is 13.4. The summed E-state index contributed by atoms with van der Waals surface area (Å²) in [5, 5.41) is 6.91. The number of guanidine groups is 1. The van der Waals surface area contributed by atoms with Crippen LogP contribution in [0.3, 0.4) is 0 Å². The van der Waals surface area contributed by atoms with E-state index in [-0.39, 0.29) is 0 Å². The number of pyridine rings is 1. The van der Waals surface area contributed by atoms with Crippen LogP contribution in [0.4, 0.5) is 0 Å². The van der Waals surface area contributed by atoms with Gasteiger partial charge in [-0.1, -0.05) is 25.8 Å². The first-order valence-corrected chi connectivity index (χ1v) is 8.11. The molecule has 1 heterocycles. The first kappa shape index (κ1) is 15.8. The molecule has 0 spiro atoms. The summed E-state index contributed by atoms with van der Waals surface area (Å²) in [4.78, 5) is 8.46. The Morgan fingerprint density at radius 2 is 2.14 bits per heavy atom. The minimum absolute atomic E-state index is 0.487. The Kier molecular flexibility index (Phi) is 6.03. The summed E-state index contributed by atoms with van der Waals surface area (Å²) in [6.07, 6.45) is 11.4. The van der Waals surface area contributed by atoms with Crippen LogP contribution in [0.25, 0.3) is 0 Å². The molecular weight excluding hydrogens is 260 g/mol. The summed E-state index contributed by atoms with van der Waals surface area (Å²) in [5.41, 5.74) is 1.74. The third kappa shape index (κ3) is 4.73. The zero-order valence-corrected chi connectivity index (χ0v) is 13.4. The van der Waals surface area contributed by atoms with E-state index < -0.39 is 0 Å². The maximum Gasteiger partial charge on any atom is 0.191 e. The number of hydrogen-bond donors (Lipinski definition) is 2. The fraction of sp³-hybridized carbons (Fsp3) is 0.647. The molecule has 1 aliphatic rings. The van der Waals surface area contributed by atoms with Crippen molar-refractivity contribution in [3.63, 3.8) is 0 Å². The average molecular weight is 288 g/mol. The highest BCUT2D eigenvalue weighted by Crippen LogP contribution is 2.40. The first-order chi connectivity index (χ1) is 10.3. The number of hydrogen-bond acceptors (Lipinski definition) is 2. The van der Waals surface area contributed by atoms with Crippen molar-refractivity contribution in [3.8, 4) is 0 Å². The second-order valence-corrected chi connectivity index (χ2v) is 6.02. The quantitative estimate of drug-likeness (QED) is 0.625. The van der Waals surface area contributed by atoms with E-state index >= 15 is 0 Å². The molecule has 4 nitrogen and oxygen atoms in total. The van der Waals surface area contributed by atoms with E-state index in [4.69, 9.17) is 0 Å². The summed E-state index contributed by atoms with van der Waals surface area (Å²) < 4.78 is 0. The van der Waals surface area contributed by atoms with Crippen LogP contribution in [-0.4, -0.2) is 31.1 Å².